The van der Waals surface area contributed by atoms with Crippen molar-refractivity contribution < 1.29 is 20.1 Å². The summed E-state index contributed by atoms with van der Waals surface area (Å²) >= 11 is 12.0. The zero-order valence-corrected chi connectivity index (χ0v) is 21.9. The van der Waals surface area contributed by atoms with E-state index in [9.17, 15) is 20.1 Å². The molecule has 5 N–H and O–H groups in total. The van der Waals surface area contributed by atoms with Crippen LogP contribution in [0.5, 0.6) is 5.75 Å². The standard InChI is InChI=1S/C28H32Cl2N2O4/c1-28(2,32-16-26(35)21-7-9-25(34)22(13-21)17-33)14-19-4-3-5-20(10-19)15-31-27(36)12-18-6-8-23(29)24(30)11-18/h3-11,13,26,32-35H,12,14-17H2,1-2H3,(H,31,36)/t26-/m1/s1. The minimum atomic E-state index is -0.785. The van der Waals surface area contributed by atoms with E-state index in [4.69, 9.17) is 23.2 Å². The molecule has 3 rings (SSSR count). The van der Waals surface area contributed by atoms with E-state index in [2.05, 4.69) is 30.5 Å². The van der Waals surface area contributed by atoms with Gasteiger partial charge in [-0.05, 0) is 66.8 Å². The molecule has 3 aromatic rings. The van der Waals surface area contributed by atoms with Crippen molar-refractivity contribution >= 4 is 29.1 Å². The van der Waals surface area contributed by atoms with E-state index in [1.807, 2.05) is 18.2 Å². The van der Waals surface area contributed by atoms with Gasteiger partial charge in [-0.1, -0.05) is 59.6 Å². The van der Waals surface area contributed by atoms with Gasteiger partial charge in [0.2, 0.25) is 5.91 Å². The zero-order valence-electron chi connectivity index (χ0n) is 20.4. The molecule has 8 heteroatoms. The van der Waals surface area contributed by atoms with Gasteiger partial charge in [-0.25, -0.2) is 0 Å². The van der Waals surface area contributed by atoms with Crippen LogP contribution < -0.4 is 10.6 Å². The molecular formula is C28H32Cl2N2O4. The molecule has 0 radical (unpaired) electrons. The highest BCUT2D eigenvalue weighted by Gasteiger charge is 2.20. The number of rotatable bonds is 11. The van der Waals surface area contributed by atoms with E-state index in [0.717, 1.165) is 16.7 Å². The molecule has 1 atom stereocenters. The first-order valence-electron chi connectivity index (χ1n) is 11.7. The average molecular weight is 531 g/mol. The highest BCUT2D eigenvalue weighted by molar-refractivity contribution is 6.42. The summed E-state index contributed by atoms with van der Waals surface area (Å²) in [5.74, 6) is -0.0967. The van der Waals surface area contributed by atoms with Crippen molar-refractivity contribution in [2.24, 2.45) is 0 Å². The first kappa shape index (κ1) is 28.0. The lowest BCUT2D eigenvalue weighted by atomic mass is 9.93. The Hall–Kier alpha value is -2.61. The first-order valence-corrected chi connectivity index (χ1v) is 12.5. The van der Waals surface area contributed by atoms with Crippen LogP contribution in [0.15, 0.2) is 60.7 Å². The van der Waals surface area contributed by atoms with E-state index < -0.39 is 6.10 Å². The van der Waals surface area contributed by atoms with Crippen LogP contribution >= 0.6 is 23.2 Å². The van der Waals surface area contributed by atoms with Gasteiger partial charge in [0.25, 0.3) is 0 Å². The van der Waals surface area contributed by atoms with Crippen molar-refractivity contribution in [3.05, 3.63) is 98.5 Å². The molecule has 1 amide bonds. The summed E-state index contributed by atoms with van der Waals surface area (Å²) < 4.78 is 0. The summed E-state index contributed by atoms with van der Waals surface area (Å²) in [4.78, 5) is 12.4. The molecule has 0 unspecified atom stereocenters. The number of hydrogen-bond acceptors (Lipinski definition) is 5. The highest BCUT2D eigenvalue weighted by Crippen LogP contribution is 2.24. The summed E-state index contributed by atoms with van der Waals surface area (Å²) in [5, 5.41) is 36.9. The van der Waals surface area contributed by atoms with E-state index >= 15 is 0 Å². The third-order valence-corrected chi connectivity index (χ3v) is 6.65. The predicted molar refractivity (Wildman–Crippen MR) is 143 cm³/mol. The van der Waals surface area contributed by atoms with Crippen LogP contribution in [0, 0.1) is 0 Å². The number of carbonyl (C=O) groups is 1. The maximum absolute atomic E-state index is 12.4. The fourth-order valence-electron chi connectivity index (χ4n) is 3.95. The minimum Gasteiger partial charge on any atom is -0.508 e. The summed E-state index contributed by atoms with van der Waals surface area (Å²) in [6, 6.07) is 17.9. The predicted octanol–water partition coefficient (Wildman–Crippen LogP) is 4.69. The maximum atomic E-state index is 12.4. The summed E-state index contributed by atoms with van der Waals surface area (Å²) in [6.07, 6.45) is 0.145. The number of phenols is 1. The van der Waals surface area contributed by atoms with E-state index in [0.29, 0.717) is 40.7 Å². The van der Waals surface area contributed by atoms with Gasteiger partial charge in [-0.2, -0.15) is 0 Å². The molecule has 0 saturated heterocycles. The lowest BCUT2D eigenvalue weighted by Crippen LogP contribution is -2.43. The Morgan fingerprint density at radius 3 is 2.44 bits per heavy atom. The SMILES string of the molecule is CC(C)(Cc1cccc(CNC(=O)Cc2ccc(Cl)c(Cl)c2)c1)NC[C@@H](O)c1ccc(O)c(CO)c1. The van der Waals surface area contributed by atoms with Gasteiger partial charge in [0, 0.05) is 24.2 Å². The Bertz CT molecular complexity index is 1200. The number of aliphatic hydroxyl groups is 2. The molecule has 3 aromatic carbocycles. The zero-order chi connectivity index (χ0) is 26.3. The molecule has 0 bridgehead atoms. The Labute approximate surface area is 221 Å². The van der Waals surface area contributed by atoms with E-state index in [1.54, 1.807) is 30.3 Å². The van der Waals surface area contributed by atoms with Gasteiger partial charge in [0.05, 0.1) is 29.2 Å². The molecule has 0 spiro atoms. The number of carbonyl (C=O) groups excluding carboxylic acids is 1. The number of halogens is 2. The van der Waals surface area contributed by atoms with Gasteiger partial charge < -0.3 is 26.0 Å². The van der Waals surface area contributed by atoms with Gasteiger partial charge in [-0.3, -0.25) is 4.79 Å². The molecule has 36 heavy (non-hydrogen) atoms. The Morgan fingerprint density at radius 1 is 0.972 bits per heavy atom. The number of amides is 1. The molecule has 0 aliphatic rings. The number of benzene rings is 3. The minimum absolute atomic E-state index is 0.00665. The number of nitrogens with one attached hydrogen (secondary N) is 2. The van der Waals surface area contributed by atoms with Crippen LogP contribution in [-0.4, -0.2) is 33.3 Å². The second-order valence-corrected chi connectivity index (χ2v) is 10.3. The van der Waals surface area contributed by atoms with Crippen LogP contribution in [0.1, 0.15) is 47.8 Å². The first-order chi connectivity index (χ1) is 17.1. The Kier molecular flexibility index (Phi) is 9.77. The largest absolute Gasteiger partial charge is 0.508 e. The quantitative estimate of drug-likeness (QED) is 0.247. The molecule has 0 aliphatic carbocycles. The molecule has 0 saturated carbocycles. The van der Waals surface area contributed by atoms with Crippen molar-refractivity contribution in [3.63, 3.8) is 0 Å². The monoisotopic (exact) mass is 530 g/mol. The van der Waals surface area contributed by atoms with Crippen LogP contribution in [0.25, 0.3) is 0 Å². The maximum Gasteiger partial charge on any atom is 0.224 e. The highest BCUT2D eigenvalue weighted by atomic mass is 35.5. The average Bonchev–Trinajstić information content (AvgIpc) is 2.84. The Morgan fingerprint density at radius 2 is 1.72 bits per heavy atom. The summed E-state index contributed by atoms with van der Waals surface area (Å²) in [7, 11) is 0. The van der Waals surface area contributed by atoms with E-state index in [-0.39, 0.29) is 30.2 Å². The molecule has 0 aromatic heterocycles. The van der Waals surface area contributed by atoms with Crippen molar-refractivity contribution in [3.8, 4) is 5.75 Å². The summed E-state index contributed by atoms with van der Waals surface area (Å²) in [5.41, 5.74) is 3.58. The molecule has 0 fully saturated rings. The number of aromatic hydroxyl groups is 1. The lowest BCUT2D eigenvalue weighted by Gasteiger charge is -2.28. The lowest BCUT2D eigenvalue weighted by molar-refractivity contribution is -0.120. The van der Waals surface area contributed by atoms with E-state index in [1.165, 1.54) is 6.07 Å². The normalized spacial score (nSPS) is 12.4. The van der Waals surface area contributed by atoms with Crippen LogP contribution in [0.2, 0.25) is 10.0 Å². The number of β-amino-alcohol motifs (C(OH)–C–C–N with tert-alkyl or cyclic N) is 1. The molecule has 0 heterocycles. The number of aliphatic hydroxyl groups excluding tert-OH is 2. The third-order valence-electron chi connectivity index (χ3n) is 5.91. The van der Waals surface area contributed by atoms with Crippen molar-refractivity contribution in [1.29, 1.82) is 0 Å². The fourth-order valence-corrected chi connectivity index (χ4v) is 4.27. The molecule has 6 nitrogen and oxygen atoms in total. The van der Waals surface area contributed by atoms with Gasteiger partial charge in [0.15, 0.2) is 0 Å². The van der Waals surface area contributed by atoms with Crippen molar-refractivity contribution in [2.45, 2.75) is 51.5 Å². The van der Waals surface area contributed by atoms with Crippen molar-refractivity contribution in [1.82, 2.24) is 10.6 Å². The third kappa shape index (κ3) is 8.22. The van der Waals surface area contributed by atoms with Gasteiger partial charge >= 0.3 is 0 Å². The molecular weight excluding hydrogens is 499 g/mol. The Balaban J connectivity index is 1.52. The smallest absolute Gasteiger partial charge is 0.224 e. The second-order valence-electron chi connectivity index (χ2n) is 9.53. The second kappa shape index (κ2) is 12.6. The van der Waals surface area contributed by atoms with Crippen LogP contribution in [0.4, 0.5) is 0 Å². The summed E-state index contributed by atoms with van der Waals surface area (Å²) in [6.45, 7) is 4.54. The topological polar surface area (TPSA) is 102 Å². The van der Waals surface area contributed by atoms with Gasteiger partial charge in [0.1, 0.15) is 5.75 Å². The molecule has 192 valence electrons. The van der Waals surface area contributed by atoms with Crippen LogP contribution in [0.3, 0.4) is 0 Å². The van der Waals surface area contributed by atoms with Gasteiger partial charge in [-0.15, -0.1) is 0 Å². The molecule has 0 aliphatic heterocycles. The van der Waals surface area contributed by atoms with Crippen LogP contribution in [-0.2, 0) is 30.8 Å². The number of hydrogen-bond donors (Lipinski definition) is 5. The fraction of sp³-hybridized carbons (Fsp3) is 0.321. The van der Waals surface area contributed by atoms with Crippen molar-refractivity contribution in [2.75, 3.05) is 6.54 Å².